The van der Waals surface area contributed by atoms with Gasteiger partial charge in [-0.15, -0.1) is 0 Å². The molecule has 18 heavy (non-hydrogen) atoms. The monoisotopic (exact) mass is 309 g/mol. The van der Waals surface area contributed by atoms with Crippen LogP contribution in [0.3, 0.4) is 0 Å². The minimum atomic E-state index is -0.321. The Balaban J connectivity index is 1.92. The Morgan fingerprint density at radius 1 is 1.44 bits per heavy atom. The highest BCUT2D eigenvalue weighted by Crippen LogP contribution is 2.49. The van der Waals surface area contributed by atoms with E-state index in [4.69, 9.17) is 14.3 Å². The largest absolute Gasteiger partial charge is 0.488 e. The first kappa shape index (κ1) is 10.8. The second kappa shape index (κ2) is 3.48. The van der Waals surface area contributed by atoms with Gasteiger partial charge in [-0.1, -0.05) is 21.1 Å². The Morgan fingerprint density at radius 2 is 2.33 bits per heavy atom. The SMILES string of the molecule is C[C@@]12C3=NO[C@@H]1OCC[C@@H]2Oc1ccc(Br)cc13. The fourth-order valence-electron chi connectivity index (χ4n) is 2.97. The highest BCUT2D eigenvalue weighted by Gasteiger charge is 2.59. The summed E-state index contributed by atoms with van der Waals surface area (Å²) >= 11 is 3.48. The van der Waals surface area contributed by atoms with E-state index in [-0.39, 0.29) is 17.8 Å². The first-order chi connectivity index (χ1) is 8.69. The Bertz CT molecular complexity index is 559. The summed E-state index contributed by atoms with van der Waals surface area (Å²) in [7, 11) is 0. The molecule has 0 radical (unpaired) electrons. The van der Waals surface area contributed by atoms with Crippen LogP contribution < -0.4 is 4.74 Å². The highest BCUT2D eigenvalue weighted by molar-refractivity contribution is 9.10. The van der Waals surface area contributed by atoms with E-state index in [1.807, 2.05) is 18.2 Å². The molecule has 4 nitrogen and oxygen atoms in total. The maximum absolute atomic E-state index is 6.11. The molecule has 0 spiro atoms. The van der Waals surface area contributed by atoms with Gasteiger partial charge in [0.1, 0.15) is 23.0 Å². The molecular formula is C13H12BrNO3. The zero-order chi connectivity index (χ0) is 12.3. The average Bonchev–Trinajstić information content (AvgIpc) is 2.69. The van der Waals surface area contributed by atoms with Crippen LogP contribution in [0.25, 0.3) is 0 Å². The molecule has 1 aromatic carbocycles. The molecule has 94 valence electrons. The van der Waals surface area contributed by atoms with Crippen LogP contribution in [0.4, 0.5) is 0 Å². The number of oxime groups is 1. The van der Waals surface area contributed by atoms with Crippen molar-refractivity contribution in [2.75, 3.05) is 6.61 Å². The van der Waals surface area contributed by atoms with E-state index in [0.29, 0.717) is 6.61 Å². The van der Waals surface area contributed by atoms with Crippen LogP contribution in [0, 0.1) is 5.41 Å². The zero-order valence-electron chi connectivity index (χ0n) is 9.85. The predicted molar refractivity (Wildman–Crippen MR) is 68.6 cm³/mol. The summed E-state index contributed by atoms with van der Waals surface area (Å²) < 4.78 is 12.8. The maximum Gasteiger partial charge on any atom is 0.241 e. The molecule has 0 unspecified atom stereocenters. The summed E-state index contributed by atoms with van der Waals surface area (Å²) in [6.45, 7) is 2.76. The highest BCUT2D eigenvalue weighted by atomic mass is 79.9. The number of hydrogen-bond acceptors (Lipinski definition) is 4. The van der Waals surface area contributed by atoms with Gasteiger partial charge >= 0.3 is 0 Å². The second-order valence-corrected chi connectivity index (χ2v) is 5.98. The van der Waals surface area contributed by atoms with Crippen LogP contribution in [0.1, 0.15) is 18.9 Å². The molecule has 1 fully saturated rings. The number of hydrogen-bond donors (Lipinski definition) is 0. The van der Waals surface area contributed by atoms with Crippen molar-refractivity contribution in [3.63, 3.8) is 0 Å². The Hall–Kier alpha value is -1.07. The lowest BCUT2D eigenvalue weighted by Gasteiger charge is -2.44. The lowest BCUT2D eigenvalue weighted by molar-refractivity contribution is -0.215. The lowest BCUT2D eigenvalue weighted by Crippen LogP contribution is -2.56. The molecule has 3 atom stereocenters. The minimum Gasteiger partial charge on any atom is -0.488 e. The molecule has 1 saturated heterocycles. The number of rotatable bonds is 0. The summed E-state index contributed by atoms with van der Waals surface area (Å²) in [4.78, 5) is 5.44. The summed E-state index contributed by atoms with van der Waals surface area (Å²) in [6, 6.07) is 5.98. The van der Waals surface area contributed by atoms with Crippen molar-refractivity contribution in [2.45, 2.75) is 25.7 Å². The third-order valence-corrected chi connectivity index (χ3v) is 4.52. The van der Waals surface area contributed by atoms with Gasteiger partial charge in [0, 0.05) is 16.5 Å². The van der Waals surface area contributed by atoms with E-state index in [9.17, 15) is 0 Å². The Morgan fingerprint density at radius 3 is 3.22 bits per heavy atom. The van der Waals surface area contributed by atoms with Crippen LogP contribution >= 0.6 is 15.9 Å². The molecule has 1 aromatic rings. The van der Waals surface area contributed by atoms with E-state index in [0.717, 1.165) is 27.9 Å². The number of halogens is 1. The molecule has 3 heterocycles. The van der Waals surface area contributed by atoms with Crippen LogP contribution in [-0.4, -0.2) is 24.7 Å². The van der Waals surface area contributed by atoms with Gasteiger partial charge in [-0.3, -0.25) is 0 Å². The van der Waals surface area contributed by atoms with Crippen molar-refractivity contribution in [3.05, 3.63) is 28.2 Å². The maximum atomic E-state index is 6.11. The van der Waals surface area contributed by atoms with Gasteiger partial charge in [0.25, 0.3) is 0 Å². The quantitative estimate of drug-likeness (QED) is 0.740. The van der Waals surface area contributed by atoms with Gasteiger partial charge in [0.2, 0.25) is 6.29 Å². The summed E-state index contributed by atoms with van der Waals surface area (Å²) in [6.07, 6.45) is 0.620. The summed E-state index contributed by atoms with van der Waals surface area (Å²) in [5, 5.41) is 4.25. The van der Waals surface area contributed by atoms with Gasteiger partial charge in [0.05, 0.1) is 6.61 Å². The molecule has 0 bridgehead atoms. The van der Waals surface area contributed by atoms with Crippen LogP contribution in [0.5, 0.6) is 5.75 Å². The molecule has 3 aliphatic heterocycles. The normalized spacial score (nSPS) is 36.0. The van der Waals surface area contributed by atoms with Crippen LogP contribution in [0.2, 0.25) is 0 Å². The van der Waals surface area contributed by atoms with Crippen molar-refractivity contribution >= 4 is 21.6 Å². The first-order valence-electron chi connectivity index (χ1n) is 6.02. The molecule has 0 saturated carbocycles. The molecule has 5 heteroatoms. The van der Waals surface area contributed by atoms with Crippen molar-refractivity contribution in [2.24, 2.45) is 10.6 Å². The lowest BCUT2D eigenvalue weighted by atomic mass is 9.72. The van der Waals surface area contributed by atoms with Crippen molar-refractivity contribution in [1.29, 1.82) is 0 Å². The van der Waals surface area contributed by atoms with E-state index in [1.54, 1.807) is 0 Å². The summed E-state index contributed by atoms with van der Waals surface area (Å²) in [5.41, 5.74) is 1.64. The van der Waals surface area contributed by atoms with Gasteiger partial charge in [-0.2, -0.15) is 0 Å². The van der Waals surface area contributed by atoms with E-state index >= 15 is 0 Å². The fraction of sp³-hybridized carbons (Fsp3) is 0.462. The number of fused-ring (bicyclic) bond motifs is 2. The van der Waals surface area contributed by atoms with Gasteiger partial charge < -0.3 is 14.3 Å². The zero-order valence-corrected chi connectivity index (χ0v) is 11.4. The second-order valence-electron chi connectivity index (χ2n) is 5.07. The first-order valence-corrected chi connectivity index (χ1v) is 6.81. The molecule has 0 aliphatic carbocycles. The standard InChI is InChI=1S/C13H12BrNO3/c1-13-10-4-5-16-12(13)18-15-11(13)8-6-7(14)2-3-9(8)17-10/h2-3,6,10,12H,4-5H2,1H3/t10-,12-,13+/m0/s1. The Labute approximate surface area is 113 Å². The van der Waals surface area contributed by atoms with E-state index in [2.05, 4.69) is 28.0 Å². The number of nitrogens with zero attached hydrogens (tertiary/aromatic N) is 1. The number of benzene rings is 1. The van der Waals surface area contributed by atoms with Gasteiger partial charge in [-0.05, 0) is 25.1 Å². The van der Waals surface area contributed by atoms with E-state index < -0.39 is 0 Å². The molecular weight excluding hydrogens is 298 g/mol. The topological polar surface area (TPSA) is 40.0 Å². The molecule has 3 aliphatic rings. The molecule has 4 rings (SSSR count). The average molecular weight is 310 g/mol. The summed E-state index contributed by atoms with van der Waals surface area (Å²) in [5.74, 6) is 0.880. The molecule has 0 amide bonds. The third kappa shape index (κ3) is 1.21. The minimum absolute atomic E-state index is 0.0752. The van der Waals surface area contributed by atoms with Crippen LogP contribution in [-0.2, 0) is 9.57 Å². The van der Waals surface area contributed by atoms with Gasteiger partial charge in [0.15, 0.2) is 0 Å². The fourth-order valence-corrected chi connectivity index (χ4v) is 3.33. The van der Waals surface area contributed by atoms with Gasteiger partial charge in [-0.25, -0.2) is 0 Å². The predicted octanol–water partition coefficient (Wildman–Crippen LogP) is 2.70. The molecule has 0 N–H and O–H groups in total. The van der Waals surface area contributed by atoms with Crippen LogP contribution in [0.15, 0.2) is 27.8 Å². The third-order valence-electron chi connectivity index (χ3n) is 4.02. The van der Waals surface area contributed by atoms with E-state index in [1.165, 1.54) is 0 Å². The smallest absolute Gasteiger partial charge is 0.241 e. The number of ether oxygens (including phenoxy) is 2. The van der Waals surface area contributed by atoms with Crippen molar-refractivity contribution < 1.29 is 14.3 Å². The van der Waals surface area contributed by atoms with Crippen molar-refractivity contribution in [3.8, 4) is 5.75 Å². The van der Waals surface area contributed by atoms with Crippen molar-refractivity contribution in [1.82, 2.24) is 0 Å². The molecule has 0 aromatic heterocycles. The Kier molecular flexibility index (Phi) is 2.09.